The Morgan fingerprint density at radius 3 is 2.83 bits per heavy atom. The number of aromatic nitrogens is 1. The first-order valence-electron chi connectivity index (χ1n) is 6.22. The predicted molar refractivity (Wildman–Crippen MR) is 70.8 cm³/mol. The third-order valence-electron chi connectivity index (χ3n) is 3.81. The maximum atomic E-state index is 11.3. The predicted octanol–water partition coefficient (Wildman–Crippen LogP) is 1.84. The molecule has 1 aromatic rings. The van der Waals surface area contributed by atoms with Crippen LogP contribution in [-0.4, -0.2) is 29.1 Å². The molecule has 1 aliphatic heterocycles. The number of carbonyl (C=O) groups is 1. The zero-order valence-electron chi connectivity index (χ0n) is 10.8. The van der Waals surface area contributed by atoms with Crippen molar-refractivity contribution in [1.82, 2.24) is 4.98 Å². The van der Waals surface area contributed by atoms with Crippen molar-refractivity contribution < 1.29 is 9.90 Å². The van der Waals surface area contributed by atoms with Gasteiger partial charge in [0.2, 0.25) is 0 Å². The molecule has 0 aromatic carbocycles. The minimum atomic E-state index is -0.953. The Morgan fingerprint density at radius 1 is 1.50 bits per heavy atom. The molecule has 0 amide bonds. The second-order valence-electron chi connectivity index (χ2n) is 5.12. The molecule has 0 bridgehead atoms. The van der Waals surface area contributed by atoms with E-state index in [1.807, 2.05) is 0 Å². The normalized spacial score (nSPS) is 24.0. The second-order valence-corrected chi connectivity index (χ2v) is 5.12. The summed E-state index contributed by atoms with van der Waals surface area (Å²) in [5, 5.41) is 9.23. The van der Waals surface area contributed by atoms with Gasteiger partial charge in [-0.25, -0.2) is 9.78 Å². The van der Waals surface area contributed by atoms with Crippen molar-refractivity contribution in [2.45, 2.75) is 20.3 Å². The zero-order valence-corrected chi connectivity index (χ0v) is 10.8. The highest BCUT2D eigenvalue weighted by Crippen LogP contribution is 2.29. The molecule has 5 nitrogen and oxygen atoms in total. The summed E-state index contributed by atoms with van der Waals surface area (Å²) in [5.41, 5.74) is 6.47. The number of aromatic carboxylic acids is 1. The summed E-state index contributed by atoms with van der Waals surface area (Å²) in [6.07, 6.45) is 2.64. The molecule has 1 saturated heterocycles. The molecular weight excluding hydrogens is 230 g/mol. The van der Waals surface area contributed by atoms with Gasteiger partial charge in [0.1, 0.15) is 5.82 Å². The van der Waals surface area contributed by atoms with Crippen LogP contribution >= 0.6 is 0 Å². The molecule has 1 fully saturated rings. The number of hydrogen-bond acceptors (Lipinski definition) is 4. The SMILES string of the molecule is CC1CCN(c2cnc(N)cc2C(=O)O)CC1C. The quantitative estimate of drug-likeness (QED) is 0.836. The summed E-state index contributed by atoms with van der Waals surface area (Å²) >= 11 is 0. The number of piperidine rings is 1. The number of anilines is 2. The van der Waals surface area contributed by atoms with Crippen LogP contribution in [-0.2, 0) is 0 Å². The van der Waals surface area contributed by atoms with E-state index in [9.17, 15) is 9.90 Å². The molecule has 0 aliphatic carbocycles. The molecule has 98 valence electrons. The van der Waals surface area contributed by atoms with Gasteiger partial charge in [-0.15, -0.1) is 0 Å². The largest absolute Gasteiger partial charge is 0.478 e. The number of hydrogen-bond donors (Lipinski definition) is 2. The first-order chi connectivity index (χ1) is 8.49. The number of pyridine rings is 1. The van der Waals surface area contributed by atoms with Gasteiger partial charge in [0.25, 0.3) is 0 Å². The molecule has 1 aliphatic rings. The highest BCUT2D eigenvalue weighted by atomic mass is 16.4. The minimum Gasteiger partial charge on any atom is -0.478 e. The van der Waals surface area contributed by atoms with Crippen LogP contribution in [0.4, 0.5) is 11.5 Å². The van der Waals surface area contributed by atoms with Crippen LogP contribution in [0.15, 0.2) is 12.3 Å². The van der Waals surface area contributed by atoms with Crippen molar-refractivity contribution in [3.05, 3.63) is 17.8 Å². The Morgan fingerprint density at radius 2 is 2.22 bits per heavy atom. The summed E-state index contributed by atoms with van der Waals surface area (Å²) in [7, 11) is 0. The third kappa shape index (κ3) is 2.39. The number of nitrogen functional groups attached to an aromatic ring is 1. The highest BCUT2D eigenvalue weighted by Gasteiger charge is 2.25. The number of nitrogens with two attached hydrogens (primary N) is 1. The smallest absolute Gasteiger partial charge is 0.338 e. The lowest BCUT2D eigenvalue weighted by Gasteiger charge is -2.37. The average Bonchev–Trinajstić information content (AvgIpc) is 2.32. The van der Waals surface area contributed by atoms with Gasteiger partial charge in [-0.3, -0.25) is 0 Å². The number of nitrogens with zero attached hydrogens (tertiary/aromatic N) is 2. The third-order valence-corrected chi connectivity index (χ3v) is 3.81. The Kier molecular flexibility index (Phi) is 3.41. The first kappa shape index (κ1) is 12.7. The lowest BCUT2D eigenvalue weighted by atomic mass is 9.88. The minimum absolute atomic E-state index is 0.240. The van der Waals surface area contributed by atoms with E-state index < -0.39 is 5.97 Å². The molecule has 5 heteroatoms. The van der Waals surface area contributed by atoms with Crippen LogP contribution in [0.2, 0.25) is 0 Å². The monoisotopic (exact) mass is 249 g/mol. The molecule has 0 radical (unpaired) electrons. The van der Waals surface area contributed by atoms with Crippen molar-refractivity contribution in [3.63, 3.8) is 0 Å². The van der Waals surface area contributed by atoms with Crippen molar-refractivity contribution in [2.75, 3.05) is 23.7 Å². The Labute approximate surface area is 107 Å². The first-order valence-corrected chi connectivity index (χ1v) is 6.22. The summed E-state index contributed by atoms with van der Waals surface area (Å²) in [6.45, 7) is 6.17. The van der Waals surface area contributed by atoms with Crippen molar-refractivity contribution in [1.29, 1.82) is 0 Å². The lowest BCUT2D eigenvalue weighted by molar-refractivity contribution is 0.0697. The second kappa shape index (κ2) is 4.84. The number of carboxylic acids is 1. The lowest BCUT2D eigenvalue weighted by Crippen LogP contribution is -2.39. The Balaban J connectivity index is 2.30. The van der Waals surface area contributed by atoms with Crippen molar-refractivity contribution >= 4 is 17.5 Å². The zero-order chi connectivity index (χ0) is 13.3. The van der Waals surface area contributed by atoms with Crippen LogP contribution in [0.3, 0.4) is 0 Å². The highest BCUT2D eigenvalue weighted by molar-refractivity contribution is 5.95. The summed E-state index contributed by atoms with van der Waals surface area (Å²) in [4.78, 5) is 17.4. The summed E-state index contributed by atoms with van der Waals surface area (Å²) in [6, 6.07) is 1.43. The maximum Gasteiger partial charge on any atom is 0.338 e. The van der Waals surface area contributed by atoms with E-state index >= 15 is 0 Å². The number of carboxylic acid groups (broad SMARTS) is 1. The summed E-state index contributed by atoms with van der Waals surface area (Å²) in [5.74, 6) is 0.522. The van der Waals surface area contributed by atoms with Crippen LogP contribution in [0, 0.1) is 11.8 Å². The van der Waals surface area contributed by atoms with E-state index in [0.717, 1.165) is 19.5 Å². The van der Waals surface area contributed by atoms with Crippen molar-refractivity contribution in [2.24, 2.45) is 11.8 Å². The van der Waals surface area contributed by atoms with E-state index in [2.05, 4.69) is 23.7 Å². The molecule has 3 N–H and O–H groups in total. The van der Waals surface area contributed by atoms with Crippen LogP contribution in [0.25, 0.3) is 0 Å². The van der Waals surface area contributed by atoms with Gasteiger partial charge in [0.05, 0.1) is 17.4 Å². The van der Waals surface area contributed by atoms with E-state index in [1.54, 1.807) is 6.20 Å². The molecule has 0 saturated carbocycles. The topological polar surface area (TPSA) is 79.5 Å². The van der Waals surface area contributed by atoms with Gasteiger partial charge < -0.3 is 15.7 Å². The fourth-order valence-electron chi connectivity index (χ4n) is 2.37. The maximum absolute atomic E-state index is 11.3. The van der Waals surface area contributed by atoms with Crippen molar-refractivity contribution in [3.8, 4) is 0 Å². The Hall–Kier alpha value is -1.78. The van der Waals surface area contributed by atoms with E-state index in [0.29, 0.717) is 17.5 Å². The molecular formula is C13H19N3O2. The molecule has 18 heavy (non-hydrogen) atoms. The van der Waals surface area contributed by atoms with Crippen LogP contribution in [0.5, 0.6) is 0 Å². The Bertz CT molecular complexity index is 462. The molecule has 0 spiro atoms. The molecule has 2 rings (SSSR count). The van der Waals surface area contributed by atoms with Gasteiger partial charge in [0.15, 0.2) is 0 Å². The van der Waals surface area contributed by atoms with E-state index in [-0.39, 0.29) is 11.4 Å². The van der Waals surface area contributed by atoms with Gasteiger partial charge in [-0.05, 0) is 24.3 Å². The fourth-order valence-corrected chi connectivity index (χ4v) is 2.37. The molecule has 2 atom stereocenters. The van der Waals surface area contributed by atoms with Gasteiger partial charge >= 0.3 is 5.97 Å². The number of rotatable bonds is 2. The van der Waals surface area contributed by atoms with E-state index in [1.165, 1.54) is 6.07 Å². The standard InChI is InChI=1S/C13H19N3O2/c1-8-3-4-16(7-9(8)2)11-6-15-12(14)5-10(11)13(17)18/h5-6,8-9H,3-4,7H2,1-2H3,(H2,14,15)(H,17,18). The van der Waals surface area contributed by atoms with Gasteiger partial charge in [-0.1, -0.05) is 13.8 Å². The molecule has 2 unspecified atom stereocenters. The fraction of sp³-hybridized carbons (Fsp3) is 0.538. The van der Waals surface area contributed by atoms with E-state index in [4.69, 9.17) is 5.73 Å². The van der Waals surface area contributed by atoms with Gasteiger partial charge in [-0.2, -0.15) is 0 Å². The molecule has 1 aromatic heterocycles. The average molecular weight is 249 g/mol. The summed E-state index contributed by atoms with van der Waals surface area (Å²) < 4.78 is 0. The van der Waals surface area contributed by atoms with Gasteiger partial charge in [0, 0.05) is 13.1 Å². The van der Waals surface area contributed by atoms with Crippen LogP contribution < -0.4 is 10.6 Å². The molecule has 2 heterocycles. The van der Waals surface area contributed by atoms with Crippen LogP contribution in [0.1, 0.15) is 30.6 Å².